The summed E-state index contributed by atoms with van der Waals surface area (Å²) >= 11 is 0. The molecule has 2 aliphatic heterocycles. The average Bonchev–Trinajstić information content (AvgIpc) is 3.04. The second-order valence-corrected chi connectivity index (χ2v) is 6.84. The van der Waals surface area contributed by atoms with Gasteiger partial charge in [-0.1, -0.05) is 6.07 Å². The first-order chi connectivity index (χ1) is 12.6. The van der Waals surface area contributed by atoms with Gasteiger partial charge in [-0.3, -0.25) is 4.99 Å². The van der Waals surface area contributed by atoms with Gasteiger partial charge in [-0.2, -0.15) is 0 Å². The molecule has 6 nitrogen and oxygen atoms in total. The molecule has 0 amide bonds. The van der Waals surface area contributed by atoms with Crippen molar-refractivity contribution in [1.29, 1.82) is 0 Å². The number of hydrogen-bond donors (Lipinski definition) is 0. The molecule has 2 aliphatic rings. The van der Waals surface area contributed by atoms with Gasteiger partial charge in [0, 0.05) is 24.7 Å². The van der Waals surface area contributed by atoms with E-state index in [2.05, 4.69) is 40.8 Å². The molecule has 2 atom stereocenters. The molecule has 26 heavy (non-hydrogen) atoms. The molecule has 0 radical (unpaired) electrons. The van der Waals surface area contributed by atoms with Gasteiger partial charge in [-0.25, -0.2) is 9.97 Å². The summed E-state index contributed by atoms with van der Waals surface area (Å²) < 4.78 is 11.5. The predicted octanol–water partition coefficient (Wildman–Crippen LogP) is 2.84. The van der Waals surface area contributed by atoms with Crippen molar-refractivity contribution in [3.05, 3.63) is 47.4 Å². The fourth-order valence-corrected chi connectivity index (χ4v) is 3.65. The molecule has 1 saturated heterocycles. The van der Waals surface area contributed by atoms with E-state index in [1.807, 2.05) is 19.1 Å². The molecular weight excluding hydrogens is 328 g/mol. The zero-order valence-electron chi connectivity index (χ0n) is 15.5. The van der Waals surface area contributed by atoms with Crippen molar-refractivity contribution in [2.45, 2.75) is 39.5 Å². The highest BCUT2D eigenvalue weighted by atomic mass is 16.5. The van der Waals surface area contributed by atoms with Crippen molar-refractivity contribution in [3.8, 4) is 5.75 Å². The van der Waals surface area contributed by atoms with E-state index < -0.39 is 0 Å². The lowest BCUT2D eigenvalue weighted by Gasteiger charge is -2.36. The molecule has 1 fully saturated rings. The van der Waals surface area contributed by atoms with Crippen LogP contribution < -0.4 is 9.64 Å². The molecule has 3 heterocycles. The summed E-state index contributed by atoms with van der Waals surface area (Å²) in [6.07, 6.45) is 2.01. The smallest absolute Gasteiger partial charge is 0.132 e. The van der Waals surface area contributed by atoms with E-state index in [9.17, 15) is 0 Å². The molecule has 2 aromatic rings. The van der Waals surface area contributed by atoms with E-state index in [1.165, 1.54) is 5.56 Å². The molecule has 0 saturated carbocycles. The quantitative estimate of drug-likeness (QED) is 0.847. The molecule has 1 aromatic heterocycles. The summed E-state index contributed by atoms with van der Waals surface area (Å²) in [7, 11) is 0. The summed E-state index contributed by atoms with van der Waals surface area (Å²) in [6, 6.07) is 8.18. The number of nitrogens with zero attached hydrogens (tertiary/aromatic N) is 4. The molecule has 1 aromatic carbocycles. The monoisotopic (exact) mass is 352 g/mol. The van der Waals surface area contributed by atoms with Gasteiger partial charge in [-0.05, 0) is 38.5 Å². The van der Waals surface area contributed by atoms with Gasteiger partial charge < -0.3 is 14.4 Å². The van der Waals surface area contributed by atoms with E-state index in [0.717, 1.165) is 41.6 Å². The Kier molecular flexibility index (Phi) is 4.59. The highest BCUT2D eigenvalue weighted by molar-refractivity contribution is 6.14. The first-order valence-corrected chi connectivity index (χ1v) is 9.17. The van der Waals surface area contributed by atoms with Crippen LogP contribution in [-0.4, -0.2) is 47.6 Å². The molecule has 0 aliphatic carbocycles. The van der Waals surface area contributed by atoms with Gasteiger partial charge in [0.15, 0.2) is 0 Å². The van der Waals surface area contributed by atoms with Crippen LogP contribution in [0.1, 0.15) is 37.6 Å². The average molecular weight is 352 g/mol. The fraction of sp³-hybridized carbons (Fsp3) is 0.450. The van der Waals surface area contributed by atoms with Gasteiger partial charge in [0.25, 0.3) is 0 Å². The van der Waals surface area contributed by atoms with Crippen LogP contribution in [0, 0.1) is 0 Å². The SMILES string of the molecule is CCOc1ccc2c(c1)C(c1cc(N3C[C@@H](C)O[C@@H](C)C3)ncn1)=NC2. The molecule has 136 valence electrons. The topological polar surface area (TPSA) is 59.8 Å². The minimum Gasteiger partial charge on any atom is -0.494 e. The van der Waals surface area contributed by atoms with E-state index in [1.54, 1.807) is 6.33 Å². The minimum atomic E-state index is 0.190. The van der Waals surface area contributed by atoms with Gasteiger partial charge in [0.1, 0.15) is 17.9 Å². The number of ether oxygens (including phenoxy) is 2. The molecule has 0 bridgehead atoms. The number of anilines is 1. The third-order valence-electron chi connectivity index (χ3n) is 4.69. The first-order valence-electron chi connectivity index (χ1n) is 9.17. The summed E-state index contributed by atoms with van der Waals surface area (Å²) in [5, 5.41) is 0. The van der Waals surface area contributed by atoms with Crippen LogP contribution in [0.15, 0.2) is 35.6 Å². The van der Waals surface area contributed by atoms with Crippen molar-refractivity contribution in [2.24, 2.45) is 4.99 Å². The van der Waals surface area contributed by atoms with Crippen molar-refractivity contribution >= 4 is 11.5 Å². The third kappa shape index (κ3) is 3.29. The Morgan fingerprint density at radius 3 is 2.73 bits per heavy atom. The van der Waals surface area contributed by atoms with E-state index in [4.69, 9.17) is 14.5 Å². The van der Waals surface area contributed by atoms with Crippen LogP contribution in [0.2, 0.25) is 0 Å². The Hall–Kier alpha value is -2.47. The van der Waals surface area contributed by atoms with Gasteiger partial charge in [0.2, 0.25) is 0 Å². The second kappa shape index (κ2) is 7.03. The van der Waals surface area contributed by atoms with Gasteiger partial charge in [-0.15, -0.1) is 0 Å². The highest BCUT2D eigenvalue weighted by Crippen LogP contribution is 2.27. The summed E-state index contributed by atoms with van der Waals surface area (Å²) in [5.41, 5.74) is 4.08. The number of aromatic nitrogens is 2. The number of fused-ring (bicyclic) bond motifs is 1. The standard InChI is InChI=1S/C20H24N4O2/c1-4-25-16-6-5-15-9-21-20(17(15)7-16)18-8-19(23-12-22-18)24-10-13(2)26-14(3)11-24/h5-8,12-14H,4,9-11H2,1-3H3/t13-,14+. The number of morpholine rings is 1. The largest absolute Gasteiger partial charge is 0.494 e. The predicted molar refractivity (Wildman–Crippen MR) is 101 cm³/mol. The Bertz CT molecular complexity index is 826. The third-order valence-corrected chi connectivity index (χ3v) is 4.69. The number of benzene rings is 1. The van der Waals surface area contributed by atoms with Crippen molar-refractivity contribution < 1.29 is 9.47 Å². The Balaban J connectivity index is 1.64. The number of aliphatic imine (C=N–C) groups is 1. The first kappa shape index (κ1) is 17.0. The lowest BCUT2D eigenvalue weighted by Crippen LogP contribution is -2.45. The number of rotatable bonds is 4. The van der Waals surface area contributed by atoms with Gasteiger partial charge in [0.05, 0.1) is 36.8 Å². The summed E-state index contributed by atoms with van der Waals surface area (Å²) in [4.78, 5) is 16.0. The van der Waals surface area contributed by atoms with Crippen LogP contribution in [0.3, 0.4) is 0 Å². The zero-order valence-corrected chi connectivity index (χ0v) is 15.5. The molecule has 0 spiro atoms. The molecular formula is C20H24N4O2. The van der Waals surface area contributed by atoms with Crippen LogP contribution in [-0.2, 0) is 11.3 Å². The van der Waals surface area contributed by atoms with Crippen LogP contribution >= 0.6 is 0 Å². The Morgan fingerprint density at radius 1 is 1.15 bits per heavy atom. The fourth-order valence-electron chi connectivity index (χ4n) is 3.65. The maximum Gasteiger partial charge on any atom is 0.132 e. The summed E-state index contributed by atoms with van der Waals surface area (Å²) in [6.45, 7) is 9.17. The molecule has 0 N–H and O–H groups in total. The van der Waals surface area contributed by atoms with Crippen LogP contribution in [0.4, 0.5) is 5.82 Å². The molecule has 0 unspecified atom stereocenters. The molecule has 6 heteroatoms. The van der Waals surface area contributed by atoms with Crippen molar-refractivity contribution in [3.63, 3.8) is 0 Å². The lowest BCUT2D eigenvalue weighted by atomic mass is 10.0. The summed E-state index contributed by atoms with van der Waals surface area (Å²) in [5.74, 6) is 1.79. The van der Waals surface area contributed by atoms with Gasteiger partial charge >= 0.3 is 0 Å². The number of hydrogen-bond acceptors (Lipinski definition) is 6. The zero-order chi connectivity index (χ0) is 18.1. The molecule has 4 rings (SSSR count). The van der Waals surface area contributed by atoms with E-state index in [-0.39, 0.29) is 12.2 Å². The highest BCUT2D eigenvalue weighted by Gasteiger charge is 2.25. The maximum absolute atomic E-state index is 5.83. The lowest BCUT2D eigenvalue weighted by molar-refractivity contribution is -0.00546. The van der Waals surface area contributed by atoms with E-state index in [0.29, 0.717) is 13.2 Å². The van der Waals surface area contributed by atoms with Crippen LogP contribution in [0.25, 0.3) is 0 Å². The van der Waals surface area contributed by atoms with E-state index >= 15 is 0 Å². The normalized spacial score (nSPS) is 22.1. The van der Waals surface area contributed by atoms with Crippen LogP contribution in [0.5, 0.6) is 5.75 Å². The Morgan fingerprint density at radius 2 is 1.96 bits per heavy atom. The van der Waals surface area contributed by atoms with Crippen molar-refractivity contribution in [1.82, 2.24) is 9.97 Å². The second-order valence-electron chi connectivity index (χ2n) is 6.84. The van der Waals surface area contributed by atoms with Crippen molar-refractivity contribution in [2.75, 3.05) is 24.6 Å². The maximum atomic E-state index is 5.83. The minimum absolute atomic E-state index is 0.190. The Labute approximate surface area is 153 Å².